The first-order valence-electron chi connectivity index (χ1n) is 15.3. The summed E-state index contributed by atoms with van der Waals surface area (Å²) < 4.78 is 12.9. The van der Waals surface area contributed by atoms with Gasteiger partial charge in [-0.1, -0.05) is 151 Å². The summed E-state index contributed by atoms with van der Waals surface area (Å²) in [6.07, 6.45) is 20.3. The van der Waals surface area contributed by atoms with Crippen molar-refractivity contribution < 1.29 is 9.47 Å². The monoisotopic (exact) mass is 558 g/mol. The minimum atomic E-state index is 0.661. The van der Waals surface area contributed by atoms with Gasteiger partial charge in [0.2, 0.25) is 0 Å². The summed E-state index contributed by atoms with van der Waals surface area (Å²) in [6.45, 7) is 5.88. The highest BCUT2D eigenvalue weighted by molar-refractivity contribution is 6.40. The lowest BCUT2D eigenvalue weighted by Crippen LogP contribution is -2.03. The van der Waals surface area contributed by atoms with E-state index in [0.29, 0.717) is 23.3 Å². The topological polar surface area (TPSA) is 18.5 Å². The molecular weight excluding hydrogens is 511 g/mol. The Morgan fingerprint density at radius 2 is 0.842 bits per heavy atom. The van der Waals surface area contributed by atoms with Crippen molar-refractivity contribution in [1.82, 2.24) is 0 Å². The van der Waals surface area contributed by atoms with E-state index in [1.165, 1.54) is 89.9 Å². The predicted molar refractivity (Wildman–Crippen MR) is 168 cm³/mol. The molecule has 4 heteroatoms. The van der Waals surface area contributed by atoms with Gasteiger partial charge in [-0.3, -0.25) is 0 Å². The van der Waals surface area contributed by atoms with Crippen LogP contribution in [-0.4, -0.2) is 13.2 Å². The maximum Gasteiger partial charge on any atom is 0.138 e. The molecule has 0 aliphatic rings. The Labute approximate surface area is 241 Å². The maximum atomic E-state index is 6.79. The molecule has 0 aliphatic heterocycles. The molecule has 0 atom stereocenters. The van der Waals surface area contributed by atoms with Crippen LogP contribution in [0.4, 0.5) is 0 Å². The molecule has 0 N–H and O–H groups in total. The number of hydrogen-bond donors (Lipinski definition) is 0. The zero-order valence-corrected chi connectivity index (χ0v) is 25.3. The zero-order valence-electron chi connectivity index (χ0n) is 23.8. The van der Waals surface area contributed by atoms with Crippen LogP contribution >= 0.6 is 23.2 Å². The quantitative estimate of drug-likeness (QED) is 0.101. The van der Waals surface area contributed by atoms with Gasteiger partial charge in [0.05, 0.1) is 23.3 Å². The highest BCUT2D eigenvalue weighted by Crippen LogP contribution is 2.47. The molecule has 0 radical (unpaired) electrons. The van der Waals surface area contributed by atoms with E-state index < -0.39 is 0 Å². The van der Waals surface area contributed by atoms with E-state index in [1.807, 2.05) is 24.3 Å². The Hall–Kier alpha value is -1.64. The van der Waals surface area contributed by atoms with Gasteiger partial charge in [-0.25, -0.2) is 0 Å². The highest BCUT2D eigenvalue weighted by Gasteiger charge is 2.20. The summed E-state index contributed by atoms with van der Waals surface area (Å²) in [5, 5.41) is 5.15. The van der Waals surface area contributed by atoms with Crippen molar-refractivity contribution in [3.8, 4) is 11.5 Å². The Kier molecular flexibility index (Phi) is 14.5. The van der Waals surface area contributed by atoms with E-state index in [1.54, 1.807) is 0 Å². The van der Waals surface area contributed by atoms with E-state index in [0.717, 1.165) is 45.9 Å². The summed E-state index contributed by atoms with van der Waals surface area (Å²) in [6, 6.07) is 12.0. The zero-order chi connectivity index (χ0) is 27.0. The van der Waals surface area contributed by atoms with E-state index >= 15 is 0 Å². The van der Waals surface area contributed by atoms with Crippen molar-refractivity contribution in [2.75, 3.05) is 13.2 Å². The fourth-order valence-electron chi connectivity index (χ4n) is 5.28. The van der Waals surface area contributed by atoms with E-state index in [4.69, 9.17) is 32.7 Å². The Bertz CT molecular complexity index is 1030. The van der Waals surface area contributed by atoms with Gasteiger partial charge in [-0.2, -0.15) is 0 Å². The van der Waals surface area contributed by atoms with Crippen molar-refractivity contribution in [2.45, 2.75) is 117 Å². The molecule has 3 aromatic carbocycles. The summed E-state index contributed by atoms with van der Waals surface area (Å²) in [5.41, 5.74) is 0. The summed E-state index contributed by atoms with van der Waals surface area (Å²) >= 11 is 13.6. The van der Waals surface area contributed by atoms with Crippen molar-refractivity contribution in [1.29, 1.82) is 0 Å². The first-order chi connectivity index (χ1) is 18.7. The molecule has 0 spiro atoms. The van der Waals surface area contributed by atoms with E-state index in [-0.39, 0.29) is 0 Å². The molecule has 0 heterocycles. The Morgan fingerprint density at radius 1 is 0.474 bits per heavy atom. The molecule has 0 saturated heterocycles. The molecule has 2 nitrogen and oxygen atoms in total. The molecule has 0 unspecified atom stereocenters. The van der Waals surface area contributed by atoms with Gasteiger partial charge in [0.1, 0.15) is 11.5 Å². The van der Waals surface area contributed by atoms with Crippen LogP contribution in [0.5, 0.6) is 11.5 Å². The second-order valence-electron chi connectivity index (χ2n) is 10.6. The molecule has 0 aliphatic carbocycles. The molecule has 0 fully saturated rings. The van der Waals surface area contributed by atoms with Crippen molar-refractivity contribution in [3.05, 3.63) is 46.4 Å². The van der Waals surface area contributed by atoms with Crippen molar-refractivity contribution >= 4 is 44.7 Å². The molecule has 0 aromatic heterocycles. The number of ether oxygens (including phenoxy) is 2. The Balaban J connectivity index is 1.69. The van der Waals surface area contributed by atoms with Crippen LogP contribution in [-0.2, 0) is 0 Å². The van der Waals surface area contributed by atoms with E-state index in [2.05, 4.69) is 26.0 Å². The summed E-state index contributed by atoms with van der Waals surface area (Å²) in [4.78, 5) is 0. The normalized spacial score (nSPS) is 11.5. The largest absolute Gasteiger partial charge is 0.492 e. The number of unbranched alkanes of at least 4 members (excludes halogenated alkanes) is 14. The number of halogens is 2. The van der Waals surface area contributed by atoms with Crippen molar-refractivity contribution in [3.63, 3.8) is 0 Å². The van der Waals surface area contributed by atoms with Crippen LogP contribution in [0, 0.1) is 0 Å². The standard InChI is InChI=1S/C34H48Cl2O2/c1-3-5-7-9-11-13-15-17-25-37-33-27-21-19-23-29(35)31(27)34(32-28(33)22-20-24-30(32)36)38-26-18-16-14-12-10-8-6-4-2/h19-24H,3-18,25-26H2,1-2H3. The number of rotatable bonds is 20. The lowest BCUT2D eigenvalue weighted by Gasteiger charge is -2.19. The second-order valence-corrected chi connectivity index (χ2v) is 11.4. The fraction of sp³-hybridized carbons (Fsp3) is 0.588. The SMILES string of the molecule is CCCCCCCCCCOc1c2cccc(Cl)c2c(OCCCCCCCCCC)c2c(Cl)cccc12. The average Bonchev–Trinajstić information content (AvgIpc) is 2.92. The minimum Gasteiger partial charge on any atom is -0.492 e. The molecule has 210 valence electrons. The third kappa shape index (κ3) is 9.23. The molecule has 38 heavy (non-hydrogen) atoms. The van der Waals surface area contributed by atoms with Crippen molar-refractivity contribution in [2.24, 2.45) is 0 Å². The van der Waals surface area contributed by atoms with Gasteiger partial charge in [-0.05, 0) is 25.0 Å². The van der Waals surface area contributed by atoms with Gasteiger partial charge in [0.15, 0.2) is 0 Å². The smallest absolute Gasteiger partial charge is 0.138 e. The first kappa shape index (κ1) is 30.9. The fourth-order valence-corrected chi connectivity index (χ4v) is 5.80. The maximum absolute atomic E-state index is 6.79. The highest BCUT2D eigenvalue weighted by atomic mass is 35.5. The predicted octanol–water partition coefficient (Wildman–Crippen LogP) is 12.3. The molecule has 3 rings (SSSR count). The third-order valence-electron chi connectivity index (χ3n) is 7.46. The van der Waals surface area contributed by atoms with Gasteiger partial charge >= 0.3 is 0 Å². The van der Waals surface area contributed by atoms with Crippen LogP contribution in [0.2, 0.25) is 10.0 Å². The van der Waals surface area contributed by atoms with Crippen LogP contribution in [0.25, 0.3) is 21.5 Å². The van der Waals surface area contributed by atoms with Crippen LogP contribution < -0.4 is 9.47 Å². The minimum absolute atomic E-state index is 0.661. The third-order valence-corrected chi connectivity index (χ3v) is 8.09. The van der Waals surface area contributed by atoms with Gasteiger partial charge < -0.3 is 9.47 Å². The number of benzene rings is 3. The Morgan fingerprint density at radius 3 is 1.26 bits per heavy atom. The van der Waals surface area contributed by atoms with Gasteiger partial charge in [0.25, 0.3) is 0 Å². The molecule has 3 aromatic rings. The average molecular weight is 560 g/mol. The summed E-state index contributed by atoms with van der Waals surface area (Å²) in [5.74, 6) is 1.65. The second kappa shape index (κ2) is 17.9. The first-order valence-corrected chi connectivity index (χ1v) is 16.0. The molecule has 0 saturated carbocycles. The molecule has 0 amide bonds. The molecular formula is C34H48Cl2O2. The van der Waals surface area contributed by atoms with Crippen LogP contribution in [0.3, 0.4) is 0 Å². The van der Waals surface area contributed by atoms with Crippen LogP contribution in [0.1, 0.15) is 117 Å². The number of hydrogen-bond acceptors (Lipinski definition) is 2. The van der Waals surface area contributed by atoms with Gasteiger partial charge in [-0.15, -0.1) is 0 Å². The van der Waals surface area contributed by atoms with Gasteiger partial charge in [0, 0.05) is 21.5 Å². The lowest BCUT2D eigenvalue weighted by molar-refractivity contribution is 0.306. The summed E-state index contributed by atoms with van der Waals surface area (Å²) in [7, 11) is 0. The van der Waals surface area contributed by atoms with Crippen LogP contribution in [0.15, 0.2) is 36.4 Å². The lowest BCUT2D eigenvalue weighted by atomic mass is 10.00. The van der Waals surface area contributed by atoms with E-state index in [9.17, 15) is 0 Å². The molecule has 0 bridgehead atoms. The number of fused-ring (bicyclic) bond motifs is 2.